The summed E-state index contributed by atoms with van der Waals surface area (Å²) in [5.74, 6) is 4.58. The largest absolute Gasteiger partial charge is 0.469 e. The summed E-state index contributed by atoms with van der Waals surface area (Å²) in [4.78, 5) is 25.1. The lowest BCUT2D eigenvalue weighted by atomic mass is 9.43. The van der Waals surface area contributed by atoms with E-state index < -0.39 is 0 Å². The summed E-state index contributed by atoms with van der Waals surface area (Å²) in [7, 11) is 1.48. The number of fused-ring (bicyclic) bond motifs is 5. The van der Waals surface area contributed by atoms with E-state index in [2.05, 4.69) is 27.7 Å². The van der Waals surface area contributed by atoms with E-state index >= 15 is 0 Å². The third-order valence-electron chi connectivity index (χ3n) is 10.5. The molecule has 3 heteroatoms. The van der Waals surface area contributed by atoms with E-state index in [4.69, 9.17) is 4.74 Å². The van der Waals surface area contributed by atoms with Gasteiger partial charge in [-0.05, 0) is 91.3 Å². The normalized spacial score (nSPS) is 47.7. The molecule has 29 heavy (non-hydrogen) atoms. The Morgan fingerprint density at radius 3 is 2.52 bits per heavy atom. The summed E-state index contributed by atoms with van der Waals surface area (Å²) in [6, 6.07) is 0. The fourth-order valence-corrected chi connectivity index (χ4v) is 8.77. The second-order valence-electron chi connectivity index (χ2n) is 11.8. The molecule has 9 atom stereocenters. The molecule has 0 aromatic heterocycles. The highest BCUT2D eigenvalue weighted by Gasteiger charge is 2.62. The van der Waals surface area contributed by atoms with Gasteiger partial charge in [-0.25, -0.2) is 0 Å². The molecular formula is C26H42O3. The van der Waals surface area contributed by atoms with Crippen LogP contribution in [0.25, 0.3) is 0 Å². The molecule has 0 aromatic rings. The SMILES string of the molecule is COC(=O)CCC(C)C1CCC2C3C(=O)CC4C[C@H](C)CC[C@]4(C)C3CC[C@]12C. The van der Waals surface area contributed by atoms with E-state index in [1.807, 2.05) is 0 Å². The molecule has 3 nitrogen and oxygen atoms in total. The Kier molecular flexibility index (Phi) is 5.66. The molecule has 0 aromatic carbocycles. The Morgan fingerprint density at radius 2 is 1.79 bits per heavy atom. The molecule has 0 N–H and O–H groups in total. The minimum absolute atomic E-state index is 0.0896. The van der Waals surface area contributed by atoms with Crippen LogP contribution in [0, 0.1) is 52.3 Å². The van der Waals surface area contributed by atoms with Crippen molar-refractivity contribution in [3.8, 4) is 0 Å². The number of carbonyl (C=O) groups is 2. The Labute approximate surface area is 177 Å². The predicted octanol–water partition coefficient (Wildman–Crippen LogP) is 6.05. The van der Waals surface area contributed by atoms with Gasteiger partial charge < -0.3 is 4.74 Å². The lowest BCUT2D eigenvalue weighted by Gasteiger charge is -2.60. The highest BCUT2D eigenvalue weighted by atomic mass is 16.5. The molecule has 0 aliphatic heterocycles. The third kappa shape index (κ3) is 3.39. The molecule has 0 saturated heterocycles. The van der Waals surface area contributed by atoms with Crippen LogP contribution in [0.5, 0.6) is 0 Å². The van der Waals surface area contributed by atoms with Gasteiger partial charge in [-0.15, -0.1) is 0 Å². The van der Waals surface area contributed by atoms with Crippen molar-refractivity contribution in [2.24, 2.45) is 52.3 Å². The van der Waals surface area contributed by atoms with Gasteiger partial charge in [0.1, 0.15) is 5.78 Å². The van der Waals surface area contributed by atoms with Crippen LogP contribution in [-0.2, 0) is 14.3 Å². The van der Waals surface area contributed by atoms with Gasteiger partial charge in [-0.2, -0.15) is 0 Å². The van der Waals surface area contributed by atoms with Crippen LogP contribution in [0.1, 0.15) is 91.9 Å². The summed E-state index contributed by atoms with van der Waals surface area (Å²) < 4.78 is 4.87. The van der Waals surface area contributed by atoms with E-state index in [0.717, 1.165) is 18.8 Å². The summed E-state index contributed by atoms with van der Waals surface area (Å²) in [5.41, 5.74) is 0.665. The Balaban J connectivity index is 1.53. The fourth-order valence-electron chi connectivity index (χ4n) is 8.77. The first-order chi connectivity index (χ1) is 13.7. The molecule has 4 rings (SSSR count). The van der Waals surface area contributed by atoms with Crippen molar-refractivity contribution < 1.29 is 14.3 Å². The fraction of sp³-hybridized carbons (Fsp3) is 0.923. The number of hydrogen-bond acceptors (Lipinski definition) is 3. The summed E-state index contributed by atoms with van der Waals surface area (Å²) >= 11 is 0. The van der Waals surface area contributed by atoms with Crippen LogP contribution in [0.15, 0.2) is 0 Å². The van der Waals surface area contributed by atoms with Crippen molar-refractivity contribution in [2.75, 3.05) is 7.11 Å². The average Bonchev–Trinajstić information content (AvgIpc) is 3.04. The molecule has 4 aliphatic rings. The average molecular weight is 403 g/mol. The summed E-state index contributed by atoms with van der Waals surface area (Å²) in [6.45, 7) is 9.74. The maximum absolute atomic E-state index is 13.5. The minimum Gasteiger partial charge on any atom is -0.469 e. The Morgan fingerprint density at radius 1 is 1.10 bits per heavy atom. The number of ether oxygens (including phenoxy) is 1. The maximum atomic E-state index is 13.5. The number of Topliss-reactive ketones (excluding diaryl/α,β-unsaturated/α-hetero) is 1. The molecule has 0 heterocycles. The molecule has 0 amide bonds. The quantitative estimate of drug-likeness (QED) is 0.538. The molecule has 4 fully saturated rings. The van der Waals surface area contributed by atoms with Gasteiger partial charge in [0.05, 0.1) is 7.11 Å². The monoisotopic (exact) mass is 402 g/mol. The zero-order valence-corrected chi connectivity index (χ0v) is 19.3. The molecular weight excluding hydrogens is 360 g/mol. The number of ketones is 1. The lowest BCUT2D eigenvalue weighted by Crippen LogP contribution is -2.57. The van der Waals surface area contributed by atoms with Crippen LogP contribution in [-0.4, -0.2) is 18.9 Å². The van der Waals surface area contributed by atoms with Crippen LogP contribution in [0.2, 0.25) is 0 Å². The zero-order valence-electron chi connectivity index (χ0n) is 19.3. The number of hydrogen-bond donors (Lipinski definition) is 0. The molecule has 4 aliphatic carbocycles. The van der Waals surface area contributed by atoms with Crippen LogP contribution >= 0.6 is 0 Å². The van der Waals surface area contributed by atoms with E-state index in [0.29, 0.717) is 53.1 Å². The number of rotatable bonds is 4. The first-order valence-corrected chi connectivity index (χ1v) is 12.3. The highest BCUT2D eigenvalue weighted by Crippen LogP contribution is 2.67. The van der Waals surface area contributed by atoms with E-state index in [-0.39, 0.29) is 11.4 Å². The Hall–Kier alpha value is -0.860. The van der Waals surface area contributed by atoms with E-state index in [1.54, 1.807) is 0 Å². The van der Waals surface area contributed by atoms with Gasteiger partial charge in [-0.1, -0.05) is 34.1 Å². The van der Waals surface area contributed by atoms with Crippen molar-refractivity contribution in [1.29, 1.82) is 0 Å². The topological polar surface area (TPSA) is 43.4 Å². The first-order valence-electron chi connectivity index (χ1n) is 12.3. The number of methoxy groups -OCH3 is 1. The predicted molar refractivity (Wildman–Crippen MR) is 115 cm³/mol. The highest BCUT2D eigenvalue weighted by molar-refractivity contribution is 5.83. The second kappa shape index (κ2) is 7.68. The van der Waals surface area contributed by atoms with Crippen molar-refractivity contribution in [2.45, 2.75) is 91.9 Å². The van der Waals surface area contributed by atoms with Gasteiger partial charge in [0.2, 0.25) is 0 Å². The standard InChI is InChI=1S/C26H42O3/c1-16-10-12-25(3)18(14-16)15-22(27)24-20-8-7-19(17(2)6-9-23(28)29-5)26(20,4)13-11-21(24)25/h16-21,24H,6-15H2,1-5H3/t16-,17?,18?,19?,20?,21?,24?,25+,26-/m1/s1. The summed E-state index contributed by atoms with van der Waals surface area (Å²) in [5, 5.41) is 0. The number of esters is 1. The van der Waals surface area contributed by atoms with E-state index in [9.17, 15) is 9.59 Å². The van der Waals surface area contributed by atoms with Crippen molar-refractivity contribution in [1.82, 2.24) is 0 Å². The molecule has 0 spiro atoms. The van der Waals surface area contributed by atoms with Gasteiger partial charge in [0.25, 0.3) is 0 Å². The van der Waals surface area contributed by atoms with Gasteiger partial charge >= 0.3 is 5.97 Å². The number of carbonyl (C=O) groups excluding carboxylic acids is 2. The van der Waals surface area contributed by atoms with Gasteiger partial charge in [-0.3, -0.25) is 9.59 Å². The van der Waals surface area contributed by atoms with E-state index in [1.165, 1.54) is 52.1 Å². The van der Waals surface area contributed by atoms with Crippen molar-refractivity contribution >= 4 is 11.8 Å². The van der Waals surface area contributed by atoms with Gasteiger partial charge in [0.15, 0.2) is 0 Å². The Bertz CT molecular complexity index is 656. The molecule has 0 radical (unpaired) electrons. The molecule has 4 saturated carbocycles. The summed E-state index contributed by atoms with van der Waals surface area (Å²) in [6.07, 6.45) is 11.2. The molecule has 164 valence electrons. The van der Waals surface area contributed by atoms with Crippen LogP contribution < -0.4 is 0 Å². The third-order valence-corrected chi connectivity index (χ3v) is 10.5. The molecule has 0 bridgehead atoms. The van der Waals surface area contributed by atoms with Gasteiger partial charge in [0, 0.05) is 18.8 Å². The van der Waals surface area contributed by atoms with Crippen LogP contribution in [0.3, 0.4) is 0 Å². The maximum Gasteiger partial charge on any atom is 0.305 e. The van der Waals surface area contributed by atoms with Crippen LogP contribution in [0.4, 0.5) is 0 Å². The second-order valence-corrected chi connectivity index (χ2v) is 11.8. The lowest BCUT2D eigenvalue weighted by molar-refractivity contribution is -0.158. The molecule has 6 unspecified atom stereocenters. The zero-order chi connectivity index (χ0) is 21.0. The smallest absolute Gasteiger partial charge is 0.305 e. The first kappa shape index (κ1) is 21.4. The van der Waals surface area contributed by atoms with Crippen molar-refractivity contribution in [3.05, 3.63) is 0 Å². The minimum atomic E-state index is -0.0896. The van der Waals surface area contributed by atoms with Crippen molar-refractivity contribution in [3.63, 3.8) is 0 Å².